The molecular weight excluding hydrogens is 302 g/mol. The van der Waals surface area contributed by atoms with Crippen LogP contribution in [0.25, 0.3) is 0 Å². The Morgan fingerprint density at radius 3 is 2.16 bits per heavy atom. The number of hydrogen-bond acceptors (Lipinski definition) is 6. The van der Waals surface area contributed by atoms with Gasteiger partial charge >= 0.3 is 0 Å². The number of aromatic hydroxyl groups is 1. The molecule has 0 aliphatic rings. The molecule has 1 aromatic rings. The van der Waals surface area contributed by atoms with Crippen molar-refractivity contribution >= 4 is 20.2 Å². The Kier molecular flexibility index (Phi) is 4.05. The molecule has 11 heteroatoms. The van der Waals surface area contributed by atoms with E-state index < -0.39 is 48.9 Å². The van der Waals surface area contributed by atoms with Crippen molar-refractivity contribution in [3.63, 3.8) is 0 Å². The van der Waals surface area contributed by atoms with E-state index in [1.807, 2.05) is 0 Å². The van der Waals surface area contributed by atoms with Gasteiger partial charge in [-0.05, 0) is 12.5 Å². The number of pyridine rings is 1. The number of nitrogens with zero attached hydrogens (tertiary/aromatic N) is 1. The first-order chi connectivity index (χ1) is 8.43. The Hall–Kier alpha value is -1.43. The summed E-state index contributed by atoms with van der Waals surface area (Å²) in [4.78, 5) is 10.8. The average Bonchev–Trinajstić information content (AvgIpc) is 2.11. The molecule has 3 N–H and O–H groups in total. The zero-order valence-corrected chi connectivity index (χ0v) is 11.3. The molecule has 0 radical (unpaired) electrons. The molecule has 0 spiro atoms. The fraction of sp³-hybridized carbons (Fsp3) is 0.375. The minimum absolute atomic E-state index is 0.187. The summed E-state index contributed by atoms with van der Waals surface area (Å²) in [5, 5.41) is 9.47. The van der Waals surface area contributed by atoms with Crippen molar-refractivity contribution in [1.82, 2.24) is 4.57 Å². The van der Waals surface area contributed by atoms with E-state index in [1.165, 1.54) is 6.92 Å². The molecule has 0 aliphatic heterocycles. The third-order valence-corrected chi connectivity index (χ3v) is 3.96. The minimum atomic E-state index is -4.81. The Labute approximate surface area is 108 Å². The summed E-state index contributed by atoms with van der Waals surface area (Å²) in [7, 11) is -9.21. The van der Waals surface area contributed by atoms with E-state index in [2.05, 4.69) is 0 Å². The normalized spacial score (nSPS) is 12.6. The highest BCUT2D eigenvalue weighted by Gasteiger charge is 2.22. The van der Waals surface area contributed by atoms with Crippen molar-refractivity contribution in [3.05, 3.63) is 22.0 Å². The van der Waals surface area contributed by atoms with Gasteiger partial charge in [-0.25, -0.2) is 0 Å². The van der Waals surface area contributed by atoms with Gasteiger partial charge < -0.3 is 5.11 Å². The van der Waals surface area contributed by atoms with Crippen LogP contribution in [0.5, 0.6) is 5.88 Å². The van der Waals surface area contributed by atoms with Gasteiger partial charge in [0.15, 0.2) is 10.8 Å². The van der Waals surface area contributed by atoms with E-state index in [0.717, 1.165) is 6.07 Å². The fourth-order valence-electron chi connectivity index (χ4n) is 1.47. The lowest BCUT2D eigenvalue weighted by Gasteiger charge is -2.10. The number of aryl methyl sites for hydroxylation is 1. The highest BCUT2D eigenvalue weighted by Crippen LogP contribution is 2.16. The second-order valence-electron chi connectivity index (χ2n) is 3.73. The predicted molar refractivity (Wildman–Crippen MR) is 63.3 cm³/mol. The van der Waals surface area contributed by atoms with Gasteiger partial charge in [-0.1, -0.05) is 0 Å². The van der Waals surface area contributed by atoms with Gasteiger partial charge in [0.1, 0.15) is 0 Å². The van der Waals surface area contributed by atoms with Gasteiger partial charge in [0.05, 0.1) is 5.75 Å². The molecule has 0 saturated carbocycles. The number of rotatable bonds is 4. The lowest BCUT2D eigenvalue weighted by atomic mass is 10.3. The molecule has 0 fully saturated rings. The molecule has 0 unspecified atom stereocenters. The van der Waals surface area contributed by atoms with Crippen LogP contribution in [0.4, 0.5) is 0 Å². The Bertz CT molecular complexity index is 759. The summed E-state index contributed by atoms with van der Waals surface area (Å²) in [5.41, 5.74) is -1.46. The van der Waals surface area contributed by atoms with Gasteiger partial charge in [-0.3, -0.25) is 18.5 Å². The van der Waals surface area contributed by atoms with Crippen LogP contribution in [0.2, 0.25) is 0 Å². The molecule has 0 atom stereocenters. The maximum absolute atomic E-state index is 11.8. The average molecular weight is 313 g/mol. The van der Waals surface area contributed by atoms with E-state index in [-0.39, 0.29) is 5.56 Å². The highest BCUT2D eigenvalue weighted by atomic mass is 32.2. The molecule has 0 amide bonds. The summed E-state index contributed by atoms with van der Waals surface area (Å²) < 4.78 is 61.1. The molecule has 19 heavy (non-hydrogen) atoms. The van der Waals surface area contributed by atoms with Gasteiger partial charge in [0.25, 0.3) is 25.8 Å². The molecule has 0 aromatic carbocycles. The first kappa shape index (κ1) is 15.6. The van der Waals surface area contributed by atoms with Gasteiger partial charge in [-0.2, -0.15) is 16.8 Å². The van der Waals surface area contributed by atoms with E-state index in [9.17, 15) is 26.7 Å². The molecule has 108 valence electrons. The molecule has 1 heterocycles. The van der Waals surface area contributed by atoms with Crippen molar-refractivity contribution in [3.8, 4) is 5.88 Å². The standard InChI is InChI=1S/C8H11NO8S2/c1-5-4-6(10)9(2-3-18(12,13)14)8(11)7(5)19(15,16)17/h4,10H,2-3H2,1H3,(H,12,13,14)(H,15,16,17). The monoisotopic (exact) mass is 313 g/mol. The second-order valence-corrected chi connectivity index (χ2v) is 6.66. The Balaban J connectivity index is 3.47. The Morgan fingerprint density at radius 2 is 1.74 bits per heavy atom. The van der Waals surface area contributed by atoms with Crippen molar-refractivity contribution in [2.24, 2.45) is 0 Å². The molecule has 9 nitrogen and oxygen atoms in total. The van der Waals surface area contributed by atoms with Crippen molar-refractivity contribution in [2.45, 2.75) is 18.4 Å². The molecule has 0 bridgehead atoms. The van der Waals surface area contributed by atoms with Crippen LogP contribution in [-0.2, 0) is 26.8 Å². The summed E-state index contributed by atoms with van der Waals surface area (Å²) in [6.45, 7) is 0.518. The van der Waals surface area contributed by atoms with Crippen LogP contribution in [0.3, 0.4) is 0 Å². The quantitative estimate of drug-likeness (QED) is 0.598. The summed E-state index contributed by atoms with van der Waals surface area (Å²) in [6, 6.07) is 0.883. The molecule has 1 rings (SSSR count). The van der Waals surface area contributed by atoms with E-state index in [1.54, 1.807) is 0 Å². The van der Waals surface area contributed by atoms with E-state index in [0.29, 0.717) is 4.57 Å². The zero-order chi connectivity index (χ0) is 15.0. The predicted octanol–water partition coefficient (Wildman–Crippen LogP) is -1.00. The van der Waals surface area contributed by atoms with Crippen LogP contribution < -0.4 is 5.56 Å². The number of aromatic nitrogens is 1. The zero-order valence-electron chi connectivity index (χ0n) is 9.64. The topological polar surface area (TPSA) is 151 Å². The number of hydrogen-bond donors (Lipinski definition) is 3. The Morgan fingerprint density at radius 1 is 1.21 bits per heavy atom. The lowest BCUT2D eigenvalue weighted by molar-refractivity contribution is 0.403. The SMILES string of the molecule is Cc1cc(O)n(CCS(=O)(=O)O)c(=O)c1S(=O)(=O)O. The van der Waals surface area contributed by atoms with Crippen LogP contribution in [0.15, 0.2) is 15.8 Å². The maximum Gasteiger partial charge on any atom is 0.300 e. The summed E-state index contributed by atoms with van der Waals surface area (Å²) >= 11 is 0. The molecule has 1 aromatic heterocycles. The van der Waals surface area contributed by atoms with Crippen LogP contribution in [-0.4, -0.2) is 41.4 Å². The summed E-state index contributed by atoms with van der Waals surface area (Å²) in [5.74, 6) is -1.58. The van der Waals surface area contributed by atoms with E-state index >= 15 is 0 Å². The third-order valence-electron chi connectivity index (χ3n) is 2.25. The van der Waals surface area contributed by atoms with E-state index in [4.69, 9.17) is 9.11 Å². The lowest BCUT2D eigenvalue weighted by Crippen LogP contribution is -2.29. The van der Waals surface area contributed by atoms with Crippen LogP contribution in [0, 0.1) is 6.92 Å². The summed E-state index contributed by atoms with van der Waals surface area (Å²) in [6.07, 6.45) is 0. The first-order valence-corrected chi connectivity index (χ1v) is 7.84. The van der Waals surface area contributed by atoms with Gasteiger partial charge in [0.2, 0.25) is 0 Å². The van der Waals surface area contributed by atoms with Crippen molar-refractivity contribution in [1.29, 1.82) is 0 Å². The minimum Gasteiger partial charge on any atom is -0.494 e. The van der Waals surface area contributed by atoms with Gasteiger partial charge in [-0.15, -0.1) is 0 Å². The van der Waals surface area contributed by atoms with Crippen molar-refractivity contribution < 1.29 is 31.0 Å². The molecular formula is C8H11NO8S2. The second kappa shape index (κ2) is 4.92. The maximum atomic E-state index is 11.8. The largest absolute Gasteiger partial charge is 0.494 e. The highest BCUT2D eigenvalue weighted by molar-refractivity contribution is 7.86. The van der Waals surface area contributed by atoms with Crippen molar-refractivity contribution in [2.75, 3.05) is 5.75 Å². The molecule has 0 aliphatic carbocycles. The van der Waals surface area contributed by atoms with Crippen LogP contribution >= 0.6 is 0 Å². The smallest absolute Gasteiger partial charge is 0.300 e. The first-order valence-electron chi connectivity index (χ1n) is 4.79. The van der Waals surface area contributed by atoms with Crippen LogP contribution in [0.1, 0.15) is 5.56 Å². The molecule has 0 saturated heterocycles. The fourth-order valence-corrected chi connectivity index (χ4v) is 2.68. The van der Waals surface area contributed by atoms with Gasteiger partial charge in [0, 0.05) is 12.6 Å². The third kappa shape index (κ3) is 3.76.